The molecule has 0 aliphatic carbocycles. The molecule has 0 radical (unpaired) electrons. The van der Waals surface area contributed by atoms with Gasteiger partial charge in [-0.05, 0) is 24.6 Å². The van der Waals surface area contributed by atoms with Crippen LogP contribution < -0.4 is 0 Å². The molecule has 0 unspecified atom stereocenters. The monoisotopic (exact) mass is 232 g/mol. The zero-order chi connectivity index (χ0) is 11.7. The Morgan fingerprint density at radius 2 is 2.00 bits per heavy atom. The third-order valence-corrected chi connectivity index (χ3v) is 8.09. The van der Waals surface area contributed by atoms with E-state index in [-0.39, 0.29) is 17.2 Å². The highest BCUT2D eigenvalue weighted by atomic mass is 28.4. The van der Waals surface area contributed by atoms with E-state index in [0.29, 0.717) is 13.2 Å². The molecular weight excluding hydrogens is 208 g/mol. The van der Waals surface area contributed by atoms with E-state index in [1.54, 1.807) is 0 Å². The Labute approximate surface area is 93.9 Å². The minimum absolute atomic E-state index is 0.112. The third-order valence-electron chi connectivity index (χ3n) is 3.59. The van der Waals surface area contributed by atoms with Crippen molar-refractivity contribution >= 4 is 8.32 Å². The van der Waals surface area contributed by atoms with E-state index < -0.39 is 8.32 Å². The van der Waals surface area contributed by atoms with E-state index >= 15 is 0 Å². The Kier molecular flexibility index (Phi) is 3.98. The van der Waals surface area contributed by atoms with Crippen LogP contribution in [-0.4, -0.2) is 38.8 Å². The summed E-state index contributed by atoms with van der Waals surface area (Å²) in [7, 11) is -1.69. The van der Waals surface area contributed by atoms with E-state index in [1.807, 2.05) is 0 Å². The predicted octanol–water partition coefficient (Wildman–Crippen LogP) is 2.16. The minimum Gasteiger partial charge on any atom is -0.414 e. The van der Waals surface area contributed by atoms with Crippen LogP contribution >= 0.6 is 0 Å². The molecule has 1 rings (SSSR count). The fraction of sp³-hybridized carbons (Fsp3) is 1.00. The van der Waals surface area contributed by atoms with Gasteiger partial charge < -0.3 is 14.3 Å². The topological polar surface area (TPSA) is 38.7 Å². The molecule has 2 atom stereocenters. The number of hydrogen-bond acceptors (Lipinski definition) is 3. The summed E-state index contributed by atoms with van der Waals surface area (Å²) in [6.45, 7) is 12.3. The first-order valence-electron chi connectivity index (χ1n) is 5.68. The van der Waals surface area contributed by atoms with Crippen molar-refractivity contribution in [1.82, 2.24) is 0 Å². The van der Waals surface area contributed by atoms with Crippen LogP contribution in [0.5, 0.6) is 0 Å². The van der Waals surface area contributed by atoms with E-state index in [4.69, 9.17) is 9.16 Å². The average molecular weight is 232 g/mol. The van der Waals surface area contributed by atoms with E-state index in [9.17, 15) is 5.11 Å². The molecule has 1 aliphatic rings. The van der Waals surface area contributed by atoms with Gasteiger partial charge in [0.2, 0.25) is 0 Å². The Hall–Kier alpha value is 0.0969. The van der Waals surface area contributed by atoms with Crippen molar-refractivity contribution < 1.29 is 14.3 Å². The number of aliphatic hydroxyl groups is 1. The second-order valence-electron chi connectivity index (χ2n) is 5.84. The molecule has 0 aromatic carbocycles. The fourth-order valence-electron chi connectivity index (χ4n) is 1.30. The van der Waals surface area contributed by atoms with Gasteiger partial charge in [0.1, 0.15) is 6.10 Å². The maximum atomic E-state index is 9.60. The molecular formula is C11H24O3Si. The van der Waals surface area contributed by atoms with Crippen LogP contribution in [0.3, 0.4) is 0 Å². The smallest absolute Gasteiger partial charge is 0.192 e. The van der Waals surface area contributed by atoms with Crippen molar-refractivity contribution in [2.45, 2.75) is 57.5 Å². The van der Waals surface area contributed by atoms with Gasteiger partial charge in [0.05, 0.1) is 12.7 Å². The second kappa shape index (κ2) is 4.53. The summed E-state index contributed by atoms with van der Waals surface area (Å²) in [5.74, 6) is 0. The molecule has 0 aromatic heterocycles. The predicted molar refractivity (Wildman–Crippen MR) is 63.5 cm³/mol. The van der Waals surface area contributed by atoms with E-state index in [0.717, 1.165) is 6.42 Å². The molecule has 4 heteroatoms. The molecule has 1 saturated heterocycles. The number of hydrogen-bond donors (Lipinski definition) is 1. The van der Waals surface area contributed by atoms with Crippen molar-refractivity contribution in [3.8, 4) is 0 Å². The van der Waals surface area contributed by atoms with Crippen LogP contribution in [-0.2, 0) is 9.16 Å². The van der Waals surface area contributed by atoms with Gasteiger partial charge >= 0.3 is 0 Å². The van der Waals surface area contributed by atoms with Gasteiger partial charge in [-0.1, -0.05) is 20.8 Å². The first kappa shape index (κ1) is 13.2. The van der Waals surface area contributed by atoms with Crippen LogP contribution in [0.2, 0.25) is 18.1 Å². The zero-order valence-electron chi connectivity index (χ0n) is 10.5. The lowest BCUT2D eigenvalue weighted by Crippen LogP contribution is -2.43. The summed E-state index contributed by atoms with van der Waals surface area (Å²) >= 11 is 0. The van der Waals surface area contributed by atoms with Crippen LogP contribution in [0.1, 0.15) is 27.2 Å². The maximum Gasteiger partial charge on any atom is 0.192 e. The van der Waals surface area contributed by atoms with Crippen LogP contribution in [0.25, 0.3) is 0 Å². The van der Waals surface area contributed by atoms with Gasteiger partial charge in [-0.3, -0.25) is 0 Å². The van der Waals surface area contributed by atoms with Crippen molar-refractivity contribution in [2.75, 3.05) is 13.2 Å². The SMILES string of the molecule is CC(C)(C)[Si](C)(C)OC[C@@H]1OCC[C@H]1O. The molecule has 90 valence electrons. The lowest BCUT2D eigenvalue weighted by molar-refractivity contribution is 0.00746. The Morgan fingerprint density at radius 1 is 1.40 bits per heavy atom. The highest BCUT2D eigenvalue weighted by Crippen LogP contribution is 2.36. The Balaban J connectivity index is 2.42. The summed E-state index contributed by atoms with van der Waals surface area (Å²) in [4.78, 5) is 0. The van der Waals surface area contributed by atoms with Crippen LogP contribution in [0, 0.1) is 0 Å². The van der Waals surface area contributed by atoms with E-state index in [2.05, 4.69) is 33.9 Å². The highest BCUT2D eigenvalue weighted by Gasteiger charge is 2.38. The van der Waals surface area contributed by atoms with Gasteiger partial charge in [-0.15, -0.1) is 0 Å². The Bertz CT molecular complexity index is 210. The number of aliphatic hydroxyl groups excluding tert-OH is 1. The second-order valence-corrected chi connectivity index (χ2v) is 10.6. The van der Waals surface area contributed by atoms with Crippen molar-refractivity contribution in [2.24, 2.45) is 0 Å². The maximum absolute atomic E-state index is 9.60. The van der Waals surface area contributed by atoms with Crippen molar-refractivity contribution in [3.05, 3.63) is 0 Å². The standard InChI is InChI=1S/C11H24O3Si/c1-11(2,3)15(4,5)14-8-10-9(12)6-7-13-10/h9-10,12H,6-8H2,1-5H3/t9-,10+/m1/s1. The molecule has 0 spiro atoms. The average Bonchev–Trinajstić information content (AvgIpc) is 2.46. The van der Waals surface area contributed by atoms with E-state index in [1.165, 1.54) is 0 Å². The van der Waals surface area contributed by atoms with Gasteiger partial charge in [-0.2, -0.15) is 0 Å². The summed E-state index contributed by atoms with van der Waals surface area (Å²) in [6.07, 6.45) is 0.291. The van der Waals surface area contributed by atoms with Crippen molar-refractivity contribution in [3.63, 3.8) is 0 Å². The zero-order valence-corrected chi connectivity index (χ0v) is 11.5. The van der Waals surface area contributed by atoms with Crippen LogP contribution in [0.15, 0.2) is 0 Å². The lowest BCUT2D eigenvalue weighted by Gasteiger charge is -2.37. The first-order valence-corrected chi connectivity index (χ1v) is 8.58. The van der Waals surface area contributed by atoms with Crippen molar-refractivity contribution in [1.29, 1.82) is 0 Å². The fourth-order valence-corrected chi connectivity index (χ4v) is 2.32. The molecule has 0 bridgehead atoms. The van der Waals surface area contributed by atoms with Gasteiger partial charge in [0.15, 0.2) is 8.32 Å². The van der Waals surface area contributed by atoms with Gasteiger partial charge in [0.25, 0.3) is 0 Å². The first-order chi connectivity index (χ1) is 6.74. The molecule has 0 saturated carbocycles. The molecule has 1 aliphatic heterocycles. The minimum atomic E-state index is -1.69. The summed E-state index contributed by atoms with van der Waals surface area (Å²) in [6, 6.07) is 0. The molecule has 1 heterocycles. The molecule has 3 nitrogen and oxygen atoms in total. The number of ether oxygens (including phenoxy) is 1. The summed E-state index contributed by atoms with van der Waals surface area (Å²) < 4.78 is 11.4. The molecule has 0 aromatic rings. The molecule has 1 N–H and O–H groups in total. The normalized spacial score (nSPS) is 28.4. The van der Waals surface area contributed by atoms with Crippen LogP contribution in [0.4, 0.5) is 0 Å². The lowest BCUT2D eigenvalue weighted by atomic mass is 10.2. The summed E-state index contributed by atoms with van der Waals surface area (Å²) in [5, 5.41) is 9.82. The molecule has 0 amide bonds. The number of rotatable bonds is 3. The van der Waals surface area contributed by atoms with Gasteiger partial charge in [0, 0.05) is 6.61 Å². The van der Waals surface area contributed by atoms with Gasteiger partial charge in [-0.25, -0.2) is 0 Å². The Morgan fingerprint density at radius 3 is 2.40 bits per heavy atom. The third kappa shape index (κ3) is 3.28. The molecule has 15 heavy (non-hydrogen) atoms. The largest absolute Gasteiger partial charge is 0.414 e. The molecule has 1 fully saturated rings. The summed E-state index contributed by atoms with van der Waals surface area (Å²) in [5.41, 5.74) is 0. The quantitative estimate of drug-likeness (QED) is 0.758. The highest BCUT2D eigenvalue weighted by molar-refractivity contribution is 6.74.